The van der Waals surface area contributed by atoms with Gasteiger partial charge in [-0.25, -0.2) is 0 Å². The molecule has 0 radical (unpaired) electrons. The molecular weight excluding hydrogens is 398 g/mol. The Kier molecular flexibility index (Phi) is 8.46. The normalized spacial score (nSPS) is 15.7. The molecule has 2 aromatic rings. The van der Waals surface area contributed by atoms with E-state index in [9.17, 15) is 9.59 Å². The Morgan fingerprint density at radius 1 is 1.00 bits per heavy atom. The number of nitrogens with zero attached hydrogens (tertiary/aromatic N) is 2. The molecule has 2 amide bonds. The average molecular weight is 436 g/mol. The summed E-state index contributed by atoms with van der Waals surface area (Å²) in [5, 5.41) is 3.14. The van der Waals surface area contributed by atoms with Crippen molar-refractivity contribution >= 4 is 11.8 Å². The second kappa shape index (κ2) is 11.3. The first-order valence-corrected chi connectivity index (χ1v) is 11.9. The van der Waals surface area contributed by atoms with Crippen molar-refractivity contribution in [1.82, 2.24) is 15.1 Å². The van der Waals surface area contributed by atoms with Crippen LogP contribution in [0.25, 0.3) is 0 Å². The quantitative estimate of drug-likeness (QED) is 0.644. The predicted molar refractivity (Wildman–Crippen MR) is 129 cm³/mol. The summed E-state index contributed by atoms with van der Waals surface area (Å²) in [4.78, 5) is 30.4. The van der Waals surface area contributed by atoms with E-state index in [2.05, 4.69) is 54.4 Å². The van der Waals surface area contributed by atoms with Gasteiger partial charge in [-0.05, 0) is 41.3 Å². The summed E-state index contributed by atoms with van der Waals surface area (Å²) in [6.07, 6.45) is 1.02. The van der Waals surface area contributed by atoms with Crippen LogP contribution in [0.5, 0.6) is 0 Å². The van der Waals surface area contributed by atoms with Crippen LogP contribution in [0, 0.1) is 5.92 Å². The van der Waals surface area contributed by atoms with E-state index in [1.54, 1.807) is 4.90 Å². The Hall–Kier alpha value is -2.66. The maximum atomic E-state index is 13.3. The molecule has 172 valence electrons. The van der Waals surface area contributed by atoms with Crippen molar-refractivity contribution in [1.29, 1.82) is 0 Å². The summed E-state index contributed by atoms with van der Waals surface area (Å²) in [6.45, 7) is 12.2. The van der Waals surface area contributed by atoms with Gasteiger partial charge >= 0.3 is 0 Å². The van der Waals surface area contributed by atoms with E-state index in [1.165, 1.54) is 5.56 Å². The third-order valence-corrected chi connectivity index (χ3v) is 6.31. The Labute approximate surface area is 192 Å². The molecule has 3 rings (SSSR count). The van der Waals surface area contributed by atoms with E-state index in [4.69, 9.17) is 0 Å². The summed E-state index contributed by atoms with van der Waals surface area (Å²) in [7, 11) is 0. The van der Waals surface area contributed by atoms with Crippen molar-refractivity contribution in [3.8, 4) is 0 Å². The van der Waals surface area contributed by atoms with Gasteiger partial charge in [0.25, 0.3) is 0 Å². The molecule has 5 heteroatoms. The second-order valence-electron chi connectivity index (χ2n) is 9.06. The van der Waals surface area contributed by atoms with Crippen LogP contribution >= 0.6 is 0 Å². The van der Waals surface area contributed by atoms with E-state index >= 15 is 0 Å². The van der Waals surface area contributed by atoms with E-state index in [-0.39, 0.29) is 17.7 Å². The molecule has 1 N–H and O–H groups in total. The Morgan fingerprint density at radius 2 is 1.62 bits per heavy atom. The first-order chi connectivity index (χ1) is 15.4. The van der Waals surface area contributed by atoms with Crippen molar-refractivity contribution in [3.05, 3.63) is 70.8 Å². The zero-order valence-corrected chi connectivity index (χ0v) is 19.9. The maximum Gasteiger partial charge on any atom is 0.243 e. The molecule has 32 heavy (non-hydrogen) atoms. The predicted octanol–water partition coefficient (Wildman–Crippen LogP) is 4.14. The fourth-order valence-electron chi connectivity index (χ4n) is 4.36. The minimum absolute atomic E-state index is 0.0524. The molecule has 1 heterocycles. The number of fused-ring (bicyclic) bond motifs is 1. The highest BCUT2D eigenvalue weighted by molar-refractivity contribution is 5.88. The molecule has 0 spiro atoms. The van der Waals surface area contributed by atoms with Gasteiger partial charge in [-0.2, -0.15) is 0 Å². The van der Waals surface area contributed by atoms with Crippen molar-refractivity contribution in [2.24, 2.45) is 5.92 Å². The van der Waals surface area contributed by atoms with Gasteiger partial charge in [-0.3, -0.25) is 14.5 Å². The number of hydrogen-bond acceptors (Lipinski definition) is 3. The van der Waals surface area contributed by atoms with Gasteiger partial charge in [0.1, 0.15) is 6.04 Å². The molecule has 1 aliphatic heterocycles. The zero-order valence-electron chi connectivity index (χ0n) is 19.9. The standard InChI is InChI=1S/C27H37N3O2/c1-5-29(6-2)18-23-13-10-8-12-22(23)17-28-27(32)25-16-21-11-7-9-14-24(21)19-30(25)26(31)15-20(3)4/h7-14,20,25H,5-6,15-19H2,1-4H3,(H,28,32). The highest BCUT2D eigenvalue weighted by Gasteiger charge is 2.34. The van der Waals surface area contributed by atoms with Gasteiger partial charge in [0.15, 0.2) is 0 Å². The molecule has 0 aliphatic carbocycles. The van der Waals surface area contributed by atoms with E-state index in [1.807, 2.05) is 32.0 Å². The van der Waals surface area contributed by atoms with Gasteiger partial charge in [-0.1, -0.05) is 76.2 Å². The molecule has 5 nitrogen and oxygen atoms in total. The van der Waals surface area contributed by atoms with Crippen molar-refractivity contribution in [2.75, 3.05) is 13.1 Å². The SMILES string of the molecule is CCN(CC)Cc1ccccc1CNC(=O)C1Cc2ccccc2CN1C(=O)CC(C)C. The number of amides is 2. The maximum absolute atomic E-state index is 13.3. The Morgan fingerprint density at radius 3 is 2.28 bits per heavy atom. The van der Waals surface area contributed by atoms with Crippen LogP contribution in [0.4, 0.5) is 0 Å². The van der Waals surface area contributed by atoms with Crippen LogP contribution in [0.15, 0.2) is 48.5 Å². The number of carbonyl (C=O) groups excluding carboxylic acids is 2. The van der Waals surface area contributed by atoms with E-state index in [0.29, 0.717) is 25.9 Å². The summed E-state index contributed by atoms with van der Waals surface area (Å²) in [6, 6.07) is 15.9. The third-order valence-electron chi connectivity index (χ3n) is 6.31. The summed E-state index contributed by atoms with van der Waals surface area (Å²) in [5.41, 5.74) is 4.66. The smallest absolute Gasteiger partial charge is 0.243 e. The molecular formula is C27H37N3O2. The lowest BCUT2D eigenvalue weighted by Gasteiger charge is -2.36. The fraction of sp³-hybridized carbons (Fsp3) is 0.481. The van der Waals surface area contributed by atoms with E-state index in [0.717, 1.165) is 36.3 Å². The molecule has 1 aliphatic rings. The monoisotopic (exact) mass is 435 g/mol. The first-order valence-electron chi connectivity index (χ1n) is 11.9. The van der Waals surface area contributed by atoms with Crippen LogP contribution in [0.1, 0.15) is 56.4 Å². The topological polar surface area (TPSA) is 52.7 Å². The Balaban J connectivity index is 1.75. The second-order valence-corrected chi connectivity index (χ2v) is 9.06. The fourth-order valence-corrected chi connectivity index (χ4v) is 4.36. The lowest BCUT2D eigenvalue weighted by Crippen LogP contribution is -2.52. The van der Waals surface area contributed by atoms with Crippen molar-refractivity contribution in [3.63, 3.8) is 0 Å². The molecule has 0 saturated heterocycles. The molecule has 2 aromatic carbocycles. The lowest BCUT2D eigenvalue weighted by molar-refractivity contribution is -0.142. The number of benzene rings is 2. The van der Waals surface area contributed by atoms with Crippen molar-refractivity contribution < 1.29 is 9.59 Å². The zero-order chi connectivity index (χ0) is 23.1. The summed E-state index contributed by atoms with van der Waals surface area (Å²) >= 11 is 0. The van der Waals surface area contributed by atoms with Crippen LogP contribution in [-0.2, 0) is 35.6 Å². The van der Waals surface area contributed by atoms with Crippen LogP contribution in [0.2, 0.25) is 0 Å². The van der Waals surface area contributed by atoms with Crippen LogP contribution in [0.3, 0.4) is 0 Å². The van der Waals surface area contributed by atoms with Gasteiger partial charge < -0.3 is 10.2 Å². The third kappa shape index (κ3) is 5.98. The number of nitrogens with one attached hydrogen (secondary N) is 1. The molecule has 0 aromatic heterocycles. The average Bonchev–Trinajstić information content (AvgIpc) is 2.80. The number of carbonyl (C=O) groups is 2. The molecule has 0 saturated carbocycles. The van der Waals surface area contributed by atoms with Crippen LogP contribution in [-0.4, -0.2) is 40.7 Å². The van der Waals surface area contributed by atoms with Crippen LogP contribution < -0.4 is 5.32 Å². The van der Waals surface area contributed by atoms with Crippen molar-refractivity contribution in [2.45, 2.75) is 66.2 Å². The largest absolute Gasteiger partial charge is 0.350 e. The summed E-state index contributed by atoms with van der Waals surface area (Å²) in [5.74, 6) is 0.237. The first kappa shape index (κ1) is 24.0. The molecule has 1 unspecified atom stereocenters. The molecule has 1 atom stereocenters. The highest BCUT2D eigenvalue weighted by Crippen LogP contribution is 2.25. The van der Waals surface area contributed by atoms with Gasteiger partial charge in [0.05, 0.1) is 0 Å². The highest BCUT2D eigenvalue weighted by atomic mass is 16.2. The number of hydrogen-bond donors (Lipinski definition) is 1. The van der Waals surface area contributed by atoms with Gasteiger partial charge in [0.2, 0.25) is 11.8 Å². The number of rotatable bonds is 9. The van der Waals surface area contributed by atoms with Gasteiger partial charge in [0, 0.05) is 32.5 Å². The molecule has 0 fully saturated rings. The van der Waals surface area contributed by atoms with E-state index < -0.39 is 6.04 Å². The summed E-state index contributed by atoms with van der Waals surface area (Å²) < 4.78 is 0. The minimum Gasteiger partial charge on any atom is -0.350 e. The Bertz CT molecular complexity index is 921. The van der Waals surface area contributed by atoms with Gasteiger partial charge in [-0.15, -0.1) is 0 Å². The molecule has 0 bridgehead atoms. The minimum atomic E-state index is -0.467. The lowest BCUT2D eigenvalue weighted by atomic mass is 9.92.